The van der Waals surface area contributed by atoms with Gasteiger partial charge in [-0.15, -0.1) is 0 Å². The largest absolute Gasteiger partial charge is 0.311 e. The average molecular weight is 185 g/mol. The van der Waals surface area contributed by atoms with Crippen LogP contribution in [0.15, 0.2) is 0 Å². The van der Waals surface area contributed by atoms with E-state index in [0.717, 1.165) is 6.54 Å². The predicted molar refractivity (Wildman–Crippen MR) is 61.0 cm³/mol. The van der Waals surface area contributed by atoms with Crippen LogP contribution < -0.4 is 5.32 Å². The molecule has 0 spiro atoms. The van der Waals surface area contributed by atoms with Crippen LogP contribution >= 0.6 is 0 Å². The predicted octanol–water partition coefficient (Wildman–Crippen LogP) is 3.45. The third kappa shape index (κ3) is 2.98. The average Bonchev–Trinajstić information content (AvgIpc) is 2.00. The van der Waals surface area contributed by atoms with Gasteiger partial charge in [-0.05, 0) is 38.1 Å². The van der Waals surface area contributed by atoms with Gasteiger partial charge in [-0.3, -0.25) is 0 Å². The maximum atomic E-state index is 3.63. The van der Waals surface area contributed by atoms with Gasteiger partial charge in [0.1, 0.15) is 0 Å². The molecular weight excluding hydrogens is 158 g/mol. The molecule has 0 aliphatic carbocycles. The Balaban J connectivity index is 4.41. The van der Waals surface area contributed by atoms with Gasteiger partial charge in [0.25, 0.3) is 0 Å². The standard InChI is InChI=1S/C12H27N/c1-8-9-13-12(6,7)11(4,5)10(2)3/h10,13H,8-9H2,1-7H3. The van der Waals surface area contributed by atoms with Crippen molar-refractivity contribution in [2.24, 2.45) is 11.3 Å². The minimum atomic E-state index is 0.219. The summed E-state index contributed by atoms with van der Waals surface area (Å²) in [7, 11) is 0. The number of hydrogen-bond acceptors (Lipinski definition) is 1. The van der Waals surface area contributed by atoms with Crippen molar-refractivity contribution in [3.63, 3.8) is 0 Å². The number of nitrogens with one attached hydrogen (secondary N) is 1. The molecule has 0 rings (SSSR count). The van der Waals surface area contributed by atoms with Gasteiger partial charge >= 0.3 is 0 Å². The molecule has 80 valence electrons. The molecule has 0 amide bonds. The van der Waals surface area contributed by atoms with E-state index in [1.807, 2.05) is 0 Å². The summed E-state index contributed by atoms with van der Waals surface area (Å²) in [5, 5.41) is 3.63. The topological polar surface area (TPSA) is 12.0 Å². The number of hydrogen-bond donors (Lipinski definition) is 1. The summed E-state index contributed by atoms with van der Waals surface area (Å²) in [5.41, 5.74) is 0.555. The quantitative estimate of drug-likeness (QED) is 0.692. The Labute approximate surface area is 84.3 Å². The lowest BCUT2D eigenvalue weighted by atomic mass is 9.67. The van der Waals surface area contributed by atoms with Gasteiger partial charge in [0.15, 0.2) is 0 Å². The highest BCUT2D eigenvalue weighted by Crippen LogP contribution is 2.37. The lowest BCUT2D eigenvalue weighted by molar-refractivity contribution is 0.0967. The molecule has 0 unspecified atom stereocenters. The Morgan fingerprint density at radius 3 is 1.85 bits per heavy atom. The van der Waals surface area contributed by atoms with E-state index in [-0.39, 0.29) is 5.54 Å². The highest BCUT2D eigenvalue weighted by atomic mass is 15.0. The molecule has 0 saturated heterocycles. The van der Waals surface area contributed by atoms with E-state index in [1.165, 1.54) is 6.42 Å². The van der Waals surface area contributed by atoms with Gasteiger partial charge in [-0.25, -0.2) is 0 Å². The van der Waals surface area contributed by atoms with Crippen LogP contribution in [-0.2, 0) is 0 Å². The second kappa shape index (κ2) is 4.45. The van der Waals surface area contributed by atoms with Crippen molar-refractivity contribution in [2.75, 3.05) is 6.54 Å². The fourth-order valence-electron chi connectivity index (χ4n) is 1.39. The molecule has 0 aliphatic rings. The second-order valence-corrected chi connectivity index (χ2v) is 5.43. The zero-order valence-electron chi connectivity index (χ0n) is 10.5. The summed E-state index contributed by atoms with van der Waals surface area (Å²) in [6.45, 7) is 17.2. The van der Waals surface area contributed by atoms with E-state index in [9.17, 15) is 0 Å². The molecule has 1 nitrogen and oxygen atoms in total. The molecule has 0 aromatic rings. The first-order valence-electron chi connectivity index (χ1n) is 5.50. The Bertz CT molecular complexity index is 145. The van der Waals surface area contributed by atoms with Crippen LogP contribution in [0, 0.1) is 11.3 Å². The van der Waals surface area contributed by atoms with Crippen LogP contribution in [0.5, 0.6) is 0 Å². The highest BCUT2D eigenvalue weighted by Gasteiger charge is 2.38. The molecule has 13 heavy (non-hydrogen) atoms. The summed E-state index contributed by atoms with van der Waals surface area (Å²) < 4.78 is 0. The summed E-state index contributed by atoms with van der Waals surface area (Å²) in [5.74, 6) is 0.701. The summed E-state index contributed by atoms with van der Waals surface area (Å²) >= 11 is 0. The Hall–Kier alpha value is -0.0400. The Morgan fingerprint density at radius 2 is 1.54 bits per heavy atom. The van der Waals surface area contributed by atoms with Crippen molar-refractivity contribution in [3.8, 4) is 0 Å². The highest BCUT2D eigenvalue weighted by molar-refractivity contribution is 4.94. The normalized spacial score (nSPS) is 13.8. The zero-order valence-corrected chi connectivity index (χ0v) is 10.5. The lowest BCUT2D eigenvalue weighted by Crippen LogP contribution is -2.53. The summed E-state index contributed by atoms with van der Waals surface area (Å²) in [4.78, 5) is 0. The molecule has 0 fully saturated rings. The second-order valence-electron chi connectivity index (χ2n) is 5.43. The summed E-state index contributed by atoms with van der Waals surface area (Å²) in [6, 6.07) is 0. The van der Waals surface area contributed by atoms with Crippen LogP contribution in [0.25, 0.3) is 0 Å². The van der Waals surface area contributed by atoms with E-state index in [4.69, 9.17) is 0 Å². The molecule has 0 aliphatic heterocycles. The number of rotatable bonds is 5. The van der Waals surface area contributed by atoms with E-state index < -0.39 is 0 Å². The molecule has 0 saturated carbocycles. The molecule has 0 radical (unpaired) electrons. The maximum Gasteiger partial charge on any atom is 0.0178 e. The van der Waals surface area contributed by atoms with Gasteiger partial charge in [-0.1, -0.05) is 34.6 Å². The van der Waals surface area contributed by atoms with Crippen LogP contribution in [-0.4, -0.2) is 12.1 Å². The van der Waals surface area contributed by atoms with Crippen LogP contribution in [0.3, 0.4) is 0 Å². The van der Waals surface area contributed by atoms with Gasteiger partial charge in [-0.2, -0.15) is 0 Å². The van der Waals surface area contributed by atoms with Crippen molar-refractivity contribution >= 4 is 0 Å². The van der Waals surface area contributed by atoms with Crippen molar-refractivity contribution < 1.29 is 0 Å². The first kappa shape index (κ1) is 13.0. The minimum absolute atomic E-state index is 0.219. The molecule has 0 atom stereocenters. The molecule has 0 heterocycles. The fourth-order valence-corrected chi connectivity index (χ4v) is 1.39. The van der Waals surface area contributed by atoms with Crippen LogP contribution in [0.1, 0.15) is 54.9 Å². The van der Waals surface area contributed by atoms with Crippen molar-refractivity contribution in [1.29, 1.82) is 0 Å². The van der Waals surface area contributed by atoms with E-state index in [1.54, 1.807) is 0 Å². The van der Waals surface area contributed by atoms with Gasteiger partial charge in [0.05, 0.1) is 0 Å². The first-order valence-corrected chi connectivity index (χ1v) is 5.50. The Kier molecular flexibility index (Phi) is 4.44. The monoisotopic (exact) mass is 185 g/mol. The van der Waals surface area contributed by atoms with E-state index in [2.05, 4.69) is 53.8 Å². The first-order chi connectivity index (χ1) is 5.75. The molecule has 1 heteroatoms. The smallest absolute Gasteiger partial charge is 0.0178 e. The van der Waals surface area contributed by atoms with Gasteiger partial charge in [0, 0.05) is 5.54 Å². The summed E-state index contributed by atoms with van der Waals surface area (Å²) in [6.07, 6.45) is 1.21. The Morgan fingerprint density at radius 1 is 1.08 bits per heavy atom. The van der Waals surface area contributed by atoms with Crippen molar-refractivity contribution in [3.05, 3.63) is 0 Å². The minimum Gasteiger partial charge on any atom is -0.311 e. The molecule has 0 aromatic carbocycles. The fraction of sp³-hybridized carbons (Fsp3) is 1.00. The SMILES string of the molecule is CCCNC(C)(C)C(C)(C)C(C)C. The molecule has 0 aromatic heterocycles. The molecule has 0 bridgehead atoms. The third-order valence-corrected chi connectivity index (χ3v) is 3.87. The van der Waals surface area contributed by atoms with E-state index >= 15 is 0 Å². The van der Waals surface area contributed by atoms with Crippen LogP contribution in [0.2, 0.25) is 0 Å². The lowest BCUT2D eigenvalue weighted by Gasteiger charge is -2.45. The van der Waals surface area contributed by atoms with Crippen molar-refractivity contribution in [1.82, 2.24) is 5.32 Å². The van der Waals surface area contributed by atoms with Crippen LogP contribution in [0.4, 0.5) is 0 Å². The van der Waals surface area contributed by atoms with E-state index in [0.29, 0.717) is 11.3 Å². The van der Waals surface area contributed by atoms with Crippen molar-refractivity contribution in [2.45, 2.75) is 60.4 Å². The van der Waals surface area contributed by atoms with Gasteiger partial charge < -0.3 is 5.32 Å². The van der Waals surface area contributed by atoms with Gasteiger partial charge in [0.2, 0.25) is 0 Å². The third-order valence-electron chi connectivity index (χ3n) is 3.87. The molecular formula is C12H27N. The zero-order chi connectivity index (χ0) is 10.7. The maximum absolute atomic E-state index is 3.63. The molecule has 1 N–H and O–H groups in total.